The van der Waals surface area contributed by atoms with Crippen molar-refractivity contribution in [3.8, 4) is 5.75 Å². The lowest BCUT2D eigenvalue weighted by molar-refractivity contribution is 0.0497. The molecule has 0 aliphatic carbocycles. The minimum Gasteiger partial charge on any atom is -0.467 e. The summed E-state index contributed by atoms with van der Waals surface area (Å²) in [6.07, 6.45) is 7.10. The highest BCUT2D eigenvalue weighted by Crippen LogP contribution is 2.45. The topological polar surface area (TPSA) is 21.7 Å². The lowest BCUT2D eigenvalue weighted by atomic mass is 9.98. The van der Waals surface area contributed by atoms with E-state index in [1.54, 1.807) is 7.11 Å². The van der Waals surface area contributed by atoms with Crippen molar-refractivity contribution in [2.75, 3.05) is 31.9 Å². The van der Waals surface area contributed by atoms with Crippen molar-refractivity contribution in [2.24, 2.45) is 0 Å². The summed E-state index contributed by atoms with van der Waals surface area (Å²) >= 11 is 0. The monoisotopic (exact) mass is 475 g/mol. The number of hydrogen-bond acceptors (Lipinski definition) is 3. The van der Waals surface area contributed by atoms with Crippen molar-refractivity contribution in [2.45, 2.75) is 51.1 Å². The van der Waals surface area contributed by atoms with Gasteiger partial charge in [0, 0.05) is 43.5 Å². The summed E-state index contributed by atoms with van der Waals surface area (Å²) < 4.78 is 11.6. The molecule has 3 aromatic carbocycles. The fourth-order valence-electron chi connectivity index (χ4n) is 4.92. The average Bonchev–Trinajstić information content (AvgIpc) is 2.89. The highest BCUT2D eigenvalue weighted by Gasteiger charge is 2.22. The third kappa shape index (κ3) is 6.40. The van der Waals surface area contributed by atoms with Crippen LogP contribution >= 0.6 is 8.58 Å². The standard InChI is InChI=1S/C30H38NO2P/c1-3-13-28(34-29-19-9-8-18-27(29)31-20-10-5-11-21-31)26-17-12-16-25(30(26)33-23-32-2)22-24-14-6-4-7-15-24/h4,6-9,12,14-19,28,34H,3,5,10-11,13,20-23H2,1-2H3. The predicted octanol–water partition coefficient (Wildman–Crippen LogP) is 7.10. The van der Waals surface area contributed by atoms with Crippen LogP contribution in [0.25, 0.3) is 0 Å². The lowest BCUT2D eigenvalue weighted by Crippen LogP contribution is -2.32. The van der Waals surface area contributed by atoms with E-state index in [0.29, 0.717) is 14.2 Å². The number of nitrogens with zero attached hydrogens (tertiary/aromatic N) is 1. The van der Waals surface area contributed by atoms with Gasteiger partial charge >= 0.3 is 0 Å². The Bertz CT molecular complexity index is 1020. The third-order valence-corrected chi connectivity index (χ3v) is 8.25. The van der Waals surface area contributed by atoms with E-state index in [1.807, 2.05) is 0 Å². The summed E-state index contributed by atoms with van der Waals surface area (Å²) in [6.45, 7) is 4.91. The Kier molecular flexibility index (Phi) is 9.42. The third-order valence-electron chi connectivity index (χ3n) is 6.57. The van der Waals surface area contributed by atoms with Gasteiger partial charge in [-0.25, -0.2) is 0 Å². The molecule has 1 fully saturated rings. The van der Waals surface area contributed by atoms with Gasteiger partial charge in [0.15, 0.2) is 6.79 Å². The first-order chi connectivity index (χ1) is 16.8. The van der Waals surface area contributed by atoms with Gasteiger partial charge < -0.3 is 14.4 Å². The van der Waals surface area contributed by atoms with Crippen LogP contribution in [0.4, 0.5) is 5.69 Å². The molecular formula is C30H38NO2P. The van der Waals surface area contributed by atoms with E-state index in [0.717, 1.165) is 25.0 Å². The molecule has 4 heteroatoms. The van der Waals surface area contributed by atoms with Crippen LogP contribution in [0.1, 0.15) is 61.4 Å². The number of para-hydroxylation sites is 2. The SMILES string of the molecule is CCCC(Pc1ccccc1N1CCCCC1)c1cccc(Cc2ccccc2)c1OCOC. The van der Waals surface area contributed by atoms with Crippen LogP contribution in [-0.2, 0) is 11.2 Å². The molecule has 0 bridgehead atoms. The Morgan fingerprint density at radius 2 is 1.65 bits per heavy atom. The molecule has 1 aliphatic heterocycles. The van der Waals surface area contributed by atoms with Gasteiger partial charge in [-0.3, -0.25) is 0 Å². The van der Waals surface area contributed by atoms with Crippen molar-refractivity contribution < 1.29 is 9.47 Å². The molecule has 0 N–H and O–H groups in total. The van der Waals surface area contributed by atoms with Crippen LogP contribution in [-0.4, -0.2) is 27.0 Å². The van der Waals surface area contributed by atoms with Crippen LogP contribution in [0.2, 0.25) is 0 Å². The number of benzene rings is 3. The van der Waals surface area contributed by atoms with E-state index in [9.17, 15) is 0 Å². The van der Waals surface area contributed by atoms with Crippen LogP contribution in [0.3, 0.4) is 0 Å². The van der Waals surface area contributed by atoms with Crippen LogP contribution in [0, 0.1) is 0 Å². The Morgan fingerprint density at radius 1 is 0.882 bits per heavy atom. The van der Waals surface area contributed by atoms with Crippen molar-refractivity contribution in [1.29, 1.82) is 0 Å². The van der Waals surface area contributed by atoms with E-state index in [2.05, 4.69) is 84.6 Å². The summed E-state index contributed by atoms with van der Waals surface area (Å²) in [5, 5.41) is 1.48. The quantitative estimate of drug-likeness (QED) is 0.218. The molecule has 0 saturated carbocycles. The fourth-order valence-corrected chi connectivity index (χ4v) is 6.69. The number of piperidine rings is 1. The first kappa shape index (κ1) is 24.8. The molecule has 1 aliphatic rings. The van der Waals surface area contributed by atoms with Gasteiger partial charge in [0.1, 0.15) is 5.75 Å². The van der Waals surface area contributed by atoms with Gasteiger partial charge in [0.2, 0.25) is 0 Å². The molecule has 4 rings (SSSR count). The van der Waals surface area contributed by atoms with Crippen molar-refractivity contribution >= 4 is 19.6 Å². The maximum absolute atomic E-state index is 6.27. The maximum atomic E-state index is 6.27. The van der Waals surface area contributed by atoms with E-state index < -0.39 is 0 Å². The second-order valence-corrected chi connectivity index (χ2v) is 10.6. The minimum atomic E-state index is 0.269. The van der Waals surface area contributed by atoms with Crippen molar-refractivity contribution in [3.63, 3.8) is 0 Å². The largest absolute Gasteiger partial charge is 0.467 e. The molecule has 180 valence electrons. The predicted molar refractivity (Wildman–Crippen MR) is 146 cm³/mol. The smallest absolute Gasteiger partial charge is 0.188 e. The summed E-state index contributed by atoms with van der Waals surface area (Å²) in [4.78, 5) is 2.60. The Hall–Kier alpha value is -2.35. The summed E-state index contributed by atoms with van der Waals surface area (Å²) in [6, 6.07) is 26.4. The number of ether oxygens (including phenoxy) is 2. The van der Waals surface area contributed by atoms with Gasteiger partial charge in [-0.1, -0.05) is 88.7 Å². The normalized spacial score (nSPS) is 15.1. The molecule has 0 amide bonds. The molecule has 3 aromatic rings. The molecule has 0 aromatic heterocycles. The second kappa shape index (κ2) is 12.9. The number of hydrogen-bond donors (Lipinski definition) is 0. The Balaban J connectivity index is 1.67. The van der Waals surface area contributed by atoms with Crippen LogP contribution in [0.15, 0.2) is 72.8 Å². The second-order valence-electron chi connectivity index (χ2n) is 9.10. The molecule has 34 heavy (non-hydrogen) atoms. The molecule has 2 atom stereocenters. The van der Waals surface area contributed by atoms with E-state index in [1.165, 1.54) is 60.0 Å². The zero-order valence-electron chi connectivity index (χ0n) is 20.6. The van der Waals surface area contributed by atoms with Crippen LogP contribution < -0.4 is 14.9 Å². The van der Waals surface area contributed by atoms with Crippen molar-refractivity contribution in [1.82, 2.24) is 0 Å². The summed E-state index contributed by atoms with van der Waals surface area (Å²) in [5.74, 6) is 1.01. The van der Waals surface area contributed by atoms with E-state index in [-0.39, 0.29) is 6.79 Å². The summed E-state index contributed by atoms with van der Waals surface area (Å²) in [5.41, 5.74) is 5.71. The molecule has 3 nitrogen and oxygen atoms in total. The maximum Gasteiger partial charge on any atom is 0.188 e. The van der Waals surface area contributed by atoms with Gasteiger partial charge in [0.05, 0.1) is 0 Å². The fraction of sp³-hybridized carbons (Fsp3) is 0.400. The molecule has 0 radical (unpaired) electrons. The first-order valence-electron chi connectivity index (χ1n) is 12.7. The number of rotatable bonds is 11. The molecular weight excluding hydrogens is 437 g/mol. The Labute approximate surface area is 207 Å². The highest BCUT2D eigenvalue weighted by molar-refractivity contribution is 7.48. The molecule has 1 saturated heterocycles. The van der Waals surface area contributed by atoms with Crippen LogP contribution in [0.5, 0.6) is 5.75 Å². The zero-order chi connectivity index (χ0) is 23.6. The minimum absolute atomic E-state index is 0.269. The van der Waals surface area contributed by atoms with E-state index in [4.69, 9.17) is 9.47 Å². The highest BCUT2D eigenvalue weighted by atomic mass is 31.1. The van der Waals surface area contributed by atoms with Gasteiger partial charge in [-0.05, 0) is 48.2 Å². The first-order valence-corrected chi connectivity index (χ1v) is 13.8. The molecule has 2 unspecified atom stereocenters. The Morgan fingerprint density at radius 3 is 2.41 bits per heavy atom. The molecule has 1 heterocycles. The number of anilines is 1. The van der Waals surface area contributed by atoms with Gasteiger partial charge in [-0.2, -0.15) is 0 Å². The summed E-state index contributed by atoms with van der Waals surface area (Å²) in [7, 11) is 2.40. The van der Waals surface area contributed by atoms with Gasteiger partial charge in [0.25, 0.3) is 0 Å². The molecule has 0 spiro atoms. The van der Waals surface area contributed by atoms with Crippen molar-refractivity contribution in [3.05, 3.63) is 89.5 Å². The van der Waals surface area contributed by atoms with Gasteiger partial charge in [-0.15, -0.1) is 0 Å². The zero-order valence-corrected chi connectivity index (χ0v) is 21.6. The average molecular weight is 476 g/mol. The lowest BCUT2D eigenvalue weighted by Gasteiger charge is -2.31. The number of methoxy groups -OCH3 is 1. The van der Waals surface area contributed by atoms with E-state index >= 15 is 0 Å².